The lowest BCUT2D eigenvalue weighted by Crippen LogP contribution is -1.96. The minimum absolute atomic E-state index is 0.750. The van der Waals surface area contributed by atoms with Gasteiger partial charge in [-0.15, -0.1) is 10.2 Å². The predicted octanol–water partition coefficient (Wildman–Crippen LogP) is 3.28. The van der Waals surface area contributed by atoms with E-state index < -0.39 is 0 Å². The van der Waals surface area contributed by atoms with Crippen LogP contribution < -0.4 is 0 Å². The molecule has 0 atom stereocenters. The van der Waals surface area contributed by atoms with Crippen LogP contribution >= 0.6 is 11.6 Å². The van der Waals surface area contributed by atoms with Gasteiger partial charge >= 0.3 is 0 Å². The van der Waals surface area contributed by atoms with Crippen LogP contribution in [0.2, 0.25) is 5.02 Å². The lowest BCUT2D eigenvalue weighted by molar-refractivity contribution is 0.934. The number of aryl methyl sites for hydroxylation is 1. The van der Waals surface area contributed by atoms with Crippen LogP contribution in [-0.4, -0.2) is 14.6 Å². The zero-order chi connectivity index (χ0) is 12.5. The van der Waals surface area contributed by atoms with Gasteiger partial charge in [-0.2, -0.15) is 0 Å². The molecule has 0 saturated heterocycles. The highest BCUT2D eigenvalue weighted by Gasteiger charge is 2.06. The first kappa shape index (κ1) is 11.2. The second-order valence-corrected chi connectivity index (χ2v) is 4.79. The fraction of sp³-hybridized carbons (Fsp3) is 0.143. The average molecular weight is 258 g/mol. The second kappa shape index (κ2) is 4.42. The molecule has 0 N–H and O–H groups in total. The fourth-order valence-electron chi connectivity index (χ4n) is 1.95. The van der Waals surface area contributed by atoms with E-state index in [-0.39, 0.29) is 0 Å². The lowest BCUT2D eigenvalue weighted by Gasteiger charge is -2.01. The van der Waals surface area contributed by atoms with Crippen LogP contribution in [0.25, 0.3) is 5.65 Å². The van der Waals surface area contributed by atoms with Crippen molar-refractivity contribution in [3.63, 3.8) is 0 Å². The smallest absolute Gasteiger partial charge is 0.161 e. The van der Waals surface area contributed by atoms with Gasteiger partial charge in [-0.3, -0.25) is 4.40 Å². The number of fused-ring (bicyclic) bond motifs is 1. The van der Waals surface area contributed by atoms with Gasteiger partial charge in [0.1, 0.15) is 5.82 Å². The van der Waals surface area contributed by atoms with Crippen LogP contribution in [0.4, 0.5) is 0 Å². The van der Waals surface area contributed by atoms with Gasteiger partial charge in [-0.05, 0) is 42.3 Å². The van der Waals surface area contributed by atoms with Gasteiger partial charge in [0.05, 0.1) is 0 Å². The molecule has 0 bridgehead atoms. The van der Waals surface area contributed by atoms with Crippen molar-refractivity contribution < 1.29 is 0 Å². The molecule has 0 spiro atoms. The van der Waals surface area contributed by atoms with E-state index in [0.29, 0.717) is 0 Å². The van der Waals surface area contributed by atoms with Crippen LogP contribution in [0, 0.1) is 6.92 Å². The molecule has 3 nitrogen and oxygen atoms in total. The highest BCUT2D eigenvalue weighted by Crippen LogP contribution is 2.14. The van der Waals surface area contributed by atoms with Crippen LogP contribution in [-0.2, 0) is 6.42 Å². The SMILES string of the molecule is Cc1ccn2c(Cc3ccc(Cl)cc3)nnc2c1. The van der Waals surface area contributed by atoms with Gasteiger partial charge in [0.15, 0.2) is 5.65 Å². The number of hydrogen-bond acceptors (Lipinski definition) is 2. The zero-order valence-corrected chi connectivity index (χ0v) is 10.7. The van der Waals surface area contributed by atoms with E-state index in [1.807, 2.05) is 47.9 Å². The van der Waals surface area contributed by atoms with Crippen LogP contribution in [0.1, 0.15) is 17.0 Å². The quantitative estimate of drug-likeness (QED) is 0.705. The number of halogens is 1. The van der Waals surface area contributed by atoms with Crippen molar-refractivity contribution in [1.29, 1.82) is 0 Å². The van der Waals surface area contributed by atoms with Crippen LogP contribution in [0.5, 0.6) is 0 Å². The van der Waals surface area contributed by atoms with Crippen molar-refractivity contribution in [2.45, 2.75) is 13.3 Å². The maximum absolute atomic E-state index is 5.87. The molecular weight excluding hydrogens is 246 g/mol. The monoisotopic (exact) mass is 257 g/mol. The Hall–Kier alpha value is -1.87. The number of hydrogen-bond donors (Lipinski definition) is 0. The Bertz CT molecular complexity index is 686. The normalized spacial score (nSPS) is 11.0. The van der Waals surface area contributed by atoms with E-state index in [2.05, 4.69) is 16.3 Å². The molecule has 0 saturated carbocycles. The fourth-order valence-corrected chi connectivity index (χ4v) is 2.07. The van der Waals surface area contributed by atoms with Gasteiger partial charge in [0, 0.05) is 17.6 Å². The Labute approximate surface area is 110 Å². The topological polar surface area (TPSA) is 30.2 Å². The van der Waals surface area contributed by atoms with Gasteiger partial charge in [-0.1, -0.05) is 23.7 Å². The molecule has 0 aliphatic carbocycles. The third kappa shape index (κ3) is 2.09. The third-order valence-corrected chi connectivity index (χ3v) is 3.16. The summed E-state index contributed by atoms with van der Waals surface area (Å²) in [5, 5.41) is 9.16. The molecule has 0 amide bonds. The van der Waals surface area contributed by atoms with Crippen molar-refractivity contribution in [3.05, 3.63) is 64.6 Å². The van der Waals surface area contributed by atoms with Crippen molar-refractivity contribution in [2.24, 2.45) is 0 Å². The number of rotatable bonds is 2. The summed E-state index contributed by atoms with van der Waals surface area (Å²) in [5.41, 5.74) is 3.25. The molecular formula is C14H12ClN3. The number of benzene rings is 1. The Morgan fingerprint density at radius 3 is 2.67 bits per heavy atom. The zero-order valence-electron chi connectivity index (χ0n) is 9.97. The molecule has 1 aromatic carbocycles. The van der Waals surface area contributed by atoms with Crippen LogP contribution in [0.15, 0.2) is 42.6 Å². The first-order chi connectivity index (χ1) is 8.72. The van der Waals surface area contributed by atoms with Gasteiger partial charge in [-0.25, -0.2) is 0 Å². The summed E-state index contributed by atoms with van der Waals surface area (Å²) in [7, 11) is 0. The molecule has 90 valence electrons. The molecule has 0 aliphatic heterocycles. The minimum Gasteiger partial charge on any atom is -0.286 e. The molecule has 0 radical (unpaired) electrons. The molecule has 2 heterocycles. The third-order valence-electron chi connectivity index (χ3n) is 2.91. The van der Waals surface area contributed by atoms with E-state index in [4.69, 9.17) is 11.6 Å². The first-order valence-corrected chi connectivity index (χ1v) is 6.15. The van der Waals surface area contributed by atoms with Gasteiger partial charge in [0.2, 0.25) is 0 Å². The second-order valence-electron chi connectivity index (χ2n) is 4.35. The molecule has 4 heteroatoms. The standard InChI is InChI=1S/C14H12ClN3/c1-10-6-7-18-13(8-10)16-17-14(18)9-11-2-4-12(15)5-3-11/h2-8H,9H2,1H3. The minimum atomic E-state index is 0.750. The number of nitrogens with zero attached hydrogens (tertiary/aromatic N) is 3. The first-order valence-electron chi connectivity index (χ1n) is 5.77. The number of aromatic nitrogens is 3. The highest BCUT2D eigenvalue weighted by atomic mass is 35.5. The van der Waals surface area contributed by atoms with Crippen molar-refractivity contribution >= 4 is 17.2 Å². The number of pyridine rings is 1. The molecule has 18 heavy (non-hydrogen) atoms. The van der Waals surface area contributed by atoms with E-state index in [1.54, 1.807) is 0 Å². The Morgan fingerprint density at radius 1 is 1.11 bits per heavy atom. The largest absolute Gasteiger partial charge is 0.286 e. The summed E-state index contributed by atoms with van der Waals surface area (Å²) >= 11 is 5.87. The molecule has 0 aliphatic rings. The molecule has 0 fully saturated rings. The lowest BCUT2D eigenvalue weighted by atomic mass is 10.1. The summed E-state index contributed by atoms with van der Waals surface area (Å²) in [5.74, 6) is 0.937. The van der Waals surface area contributed by atoms with E-state index in [1.165, 1.54) is 11.1 Å². The molecule has 0 unspecified atom stereocenters. The van der Waals surface area contributed by atoms with Crippen molar-refractivity contribution in [3.8, 4) is 0 Å². The Morgan fingerprint density at radius 2 is 1.89 bits per heavy atom. The van der Waals surface area contributed by atoms with Crippen molar-refractivity contribution in [1.82, 2.24) is 14.6 Å². The van der Waals surface area contributed by atoms with Gasteiger partial charge < -0.3 is 0 Å². The van der Waals surface area contributed by atoms with Gasteiger partial charge in [0.25, 0.3) is 0 Å². The Kier molecular flexibility index (Phi) is 2.76. The summed E-state index contributed by atoms with van der Waals surface area (Å²) in [6.07, 6.45) is 2.76. The van der Waals surface area contributed by atoms with E-state index >= 15 is 0 Å². The molecule has 3 aromatic rings. The summed E-state index contributed by atoms with van der Waals surface area (Å²) < 4.78 is 2.02. The highest BCUT2D eigenvalue weighted by molar-refractivity contribution is 6.30. The summed E-state index contributed by atoms with van der Waals surface area (Å²) in [4.78, 5) is 0. The van der Waals surface area contributed by atoms with E-state index in [9.17, 15) is 0 Å². The van der Waals surface area contributed by atoms with Crippen LogP contribution in [0.3, 0.4) is 0 Å². The summed E-state index contributed by atoms with van der Waals surface area (Å²) in [6.45, 7) is 2.05. The molecule has 2 aromatic heterocycles. The maximum atomic E-state index is 5.87. The summed E-state index contributed by atoms with van der Waals surface area (Å²) in [6, 6.07) is 11.9. The van der Waals surface area contributed by atoms with Crippen molar-refractivity contribution in [2.75, 3.05) is 0 Å². The predicted molar refractivity (Wildman–Crippen MR) is 72.0 cm³/mol. The van der Waals surface area contributed by atoms with E-state index in [0.717, 1.165) is 22.9 Å². The average Bonchev–Trinajstić information content (AvgIpc) is 2.74. The molecule has 3 rings (SSSR count). The maximum Gasteiger partial charge on any atom is 0.161 e. The Balaban J connectivity index is 1.97.